The number of methoxy groups -OCH3 is 1. The van der Waals surface area contributed by atoms with E-state index in [0.717, 1.165) is 26.3 Å². The van der Waals surface area contributed by atoms with Crippen molar-refractivity contribution in [1.29, 1.82) is 0 Å². The lowest BCUT2D eigenvalue weighted by atomic mass is 10.1. The van der Waals surface area contributed by atoms with Crippen LogP contribution in [0.3, 0.4) is 0 Å². The van der Waals surface area contributed by atoms with Gasteiger partial charge in [0.1, 0.15) is 5.75 Å². The molecule has 0 spiro atoms. The van der Waals surface area contributed by atoms with E-state index in [1.165, 1.54) is 0 Å². The van der Waals surface area contributed by atoms with Gasteiger partial charge in [0.2, 0.25) is 0 Å². The van der Waals surface area contributed by atoms with Gasteiger partial charge in [-0.15, -0.1) is 24.0 Å². The van der Waals surface area contributed by atoms with Crippen LogP contribution in [0.25, 0.3) is 10.1 Å². The van der Waals surface area contributed by atoms with Gasteiger partial charge in [-0.1, -0.05) is 0 Å². The summed E-state index contributed by atoms with van der Waals surface area (Å²) in [6.07, 6.45) is 0. The Labute approximate surface area is 91.5 Å². The Morgan fingerprint density at radius 2 is 2.29 bits per heavy atom. The van der Waals surface area contributed by atoms with E-state index >= 15 is 0 Å². The molecule has 0 bridgehead atoms. The maximum atomic E-state index is 9.21. The molecule has 14 heavy (non-hydrogen) atoms. The average molecular weight is 226 g/mol. The average Bonchev–Trinajstić information content (AvgIpc) is 2.59. The molecular formula is C10H10O2S2. The van der Waals surface area contributed by atoms with Crippen molar-refractivity contribution in [3.05, 3.63) is 23.1 Å². The standard InChI is InChI=1S/C10H10O2S2/c1-12-7-2-6(4-11)10-8(13)5-14-9(10)3-7/h2-3,5,11,13H,4H2,1H3. The monoisotopic (exact) mass is 226 g/mol. The molecule has 2 nitrogen and oxygen atoms in total. The van der Waals surface area contributed by atoms with Gasteiger partial charge < -0.3 is 9.84 Å². The first-order valence-corrected chi connectivity index (χ1v) is 5.47. The molecular weight excluding hydrogens is 216 g/mol. The number of hydrogen-bond donors (Lipinski definition) is 2. The fourth-order valence-electron chi connectivity index (χ4n) is 1.45. The molecule has 0 amide bonds. The molecule has 0 atom stereocenters. The lowest BCUT2D eigenvalue weighted by molar-refractivity contribution is 0.282. The molecule has 0 aliphatic carbocycles. The highest BCUT2D eigenvalue weighted by atomic mass is 32.1. The van der Waals surface area contributed by atoms with Crippen LogP contribution in [0.5, 0.6) is 5.75 Å². The minimum absolute atomic E-state index is 0.0119. The summed E-state index contributed by atoms with van der Waals surface area (Å²) in [5.41, 5.74) is 0.866. The fraction of sp³-hybridized carbons (Fsp3) is 0.200. The Hall–Kier alpha value is -0.710. The first-order valence-electron chi connectivity index (χ1n) is 4.14. The van der Waals surface area contributed by atoms with E-state index in [4.69, 9.17) is 4.74 Å². The van der Waals surface area contributed by atoms with E-state index in [0.29, 0.717) is 0 Å². The first-order chi connectivity index (χ1) is 6.76. The molecule has 0 aliphatic rings. The third-order valence-corrected chi connectivity index (χ3v) is 3.57. The second-order valence-corrected chi connectivity index (χ2v) is 4.33. The summed E-state index contributed by atoms with van der Waals surface area (Å²) in [4.78, 5) is 0.914. The molecule has 2 aromatic rings. The van der Waals surface area contributed by atoms with Gasteiger partial charge in [-0.25, -0.2) is 0 Å². The third kappa shape index (κ3) is 1.49. The summed E-state index contributed by atoms with van der Waals surface area (Å²) in [6.45, 7) is 0.0119. The van der Waals surface area contributed by atoms with Crippen LogP contribution in [-0.4, -0.2) is 12.2 Å². The van der Waals surface area contributed by atoms with Crippen molar-refractivity contribution >= 4 is 34.1 Å². The number of hydrogen-bond acceptors (Lipinski definition) is 4. The number of benzene rings is 1. The Morgan fingerprint density at radius 1 is 1.50 bits per heavy atom. The molecule has 1 aromatic heterocycles. The van der Waals surface area contributed by atoms with Gasteiger partial charge >= 0.3 is 0 Å². The van der Waals surface area contributed by atoms with Crippen LogP contribution in [0, 0.1) is 0 Å². The van der Waals surface area contributed by atoms with Gasteiger partial charge in [0, 0.05) is 20.4 Å². The SMILES string of the molecule is COc1cc(CO)c2c(S)csc2c1. The largest absolute Gasteiger partial charge is 0.497 e. The molecule has 74 valence electrons. The van der Waals surface area contributed by atoms with Crippen LogP contribution in [0.4, 0.5) is 0 Å². The Kier molecular flexibility index (Phi) is 2.67. The molecule has 1 aromatic carbocycles. The minimum atomic E-state index is 0.0119. The summed E-state index contributed by atoms with van der Waals surface area (Å²) in [5, 5.41) is 12.2. The summed E-state index contributed by atoms with van der Waals surface area (Å²) < 4.78 is 6.24. The smallest absolute Gasteiger partial charge is 0.120 e. The third-order valence-electron chi connectivity index (χ3n) is 2.12. The van der Waals surface area contributed by atoms with Crippen molar-refractivity contribution in [3.63, 3.8) is 0 Å². The van der Waals surface area contributed by atoms with Crippen LogP contribution in [0.1, 0.15) is 5.56 Å². The van der Waals surface area contributed by atoms with E-state index in [2.05, 4.69) is 12.6 Å². The van der Waals surface area contributed by atoms with Crippen molar-refractivity contribution < 1.29 is 9.84 Å². The number of rotatable bonds is 2. The van der Waals surface area contributed by atoms with Gasteiger partial charge in [0.25, 0.3) is 0 Å². The van der Waals surface area contributed by atoms with Gasteiger partial charge in [-0.2, -0.15) is 0 Å². The molecule has 2 rings (SSSR count). The normalized spacial score (nSPS) is 10.8. The van der Waals surface area contributed by atoms with Crippen LogP contribution in [0.2, 0.25) is 0 Å². The topological polar surface area (TPSA) is 29.5 Å². The van der Waals surface area contributed by atoms with Crippen molar-refractivity contribution in [3.8, 4) is 5.75 Å². The van der Waals surface area contributed by atoms with Crippen LogP contribution >= 0.6 is 24.0 Å². The number of aliphatic hydroxyl groups is 1. The highest BCUT2D eigenvalue weighted by molar-refractivity contribution is 7.80. The highest BCUT2D eigenvalue weighted by Gasteiger charge is 2.08. The van der Waals surface area contributed by atoms with E-state index in [-0.39, 0.29) is 6.61 Å². The molecule has 1 heterocycles. The second-order valence-electron chi connectivity index (χ2n) is 2.94. The molecule has 0 fully saturated rings. The molecule has 0 aliphatic heterocycles. The van der Waals surface area contributed by atoms with Crippen LogP contribution < -0.4 is 4.74 Å². The summed E-state index contributed by atoms with van der Waals surface area (Å²) in [5.74, 6) is 0.775. The summed E-state index contributed by atoms with van der Waals surface area (Å²) in [7, 11) is 1.62. The predicted octanol–water partition coefficient (Wildman–Crippen LogP) is 2.69. The molecule has 0 saturated carbocycles. The predicted molar refractivity (Wildman–Crippen MR) is 61.6 cm³/mol. The molecule has 0 saturated heterocycles. The second kappa shape index (κ2) is 3.81. The number of ether oxygens (including phenoxy) is 1. The Morgan fingerprint density at radius 3 is 2.93 bits per heavy atom. The zero-order chi connectivity index (χ0) is 10.1. The molecule has 0 unspecified atom stereocenters. The van der Waals surface area contributed by atoms with Gasteiger partial charge in [0.15, 0.2) is 0 Å². The molecule has 0 radical (unpaired) electrons. The lowest BCUT2D eigenvalue weighted by Crippen LogP contribution is -1.88. The highest BCUT2D eigenvalue weighted by Crippen LogP contribution is 2.34. The van der Waals surface area contributed by atoms with E-state index in [1.807, 2.05) is 17.5 Å². The number of thiol groups is 1. The summed E-state index contributed by atoms with van der Waals surface area (Å²) >= 11 is 5.95. The number of aliphatic hydroxyl groups excluding tert-OH is 1. The fourth-order valence-corrected chi connectivity index (χ4v) is 2.85. The zero-order valence-electron chi connectivity index (χ0n) is 7.65. The summed E-state index contributed by atoms with van der Waals surface area (Å²) in [6, 6.07) is 3.80. The number of thiophene rings is 1. The van der Waals surface area contributed by atoms with E-state index in [1.54, 1.807) is 18.4 Å². The van der Waals surface area contributed by atoms with E-state index in [9.17, 15) is 5.11 Å². The lowest BCUT2D eigenvalue weighted by Gasteiger charge is -2.04. The number of fused-ring (bicyclic) bond motifs is 1. The van der Waals surface area contributed by atoms with Gasteiger partial charge in [-0.3, -0.25) is 0 Å². The maximum absolute atomic E-state index is 9.21. The van der Waals surface area contributed by atoms with Crippen molar-refractivity contribution in [1.82, 2.24) is 0 Å². The van der Waals surface area contributed by atoms with E-state index < -0.39 is 0 Å². The van der Waals surface area contributed by atoms with Crippen molar-refractivity contribution in [2.24, 2.45) is 0 Å². The van der Waals surface area contributed by atoms with Crippen molar-refractivity contribution in [2.45, 2.75) is 11.5 Å². The zero-order valence-corrected chi connectivity index (χ0v) is 9.36. The quantitative estimate of drug-likeness (QED) is 0.771. The van der Waals surface area contributed by atoms with Gasteiger partial charge in [0.05, 0.1) is 13.7 Å². The molecule has 4 heteroatoms. The Bertz CT molecular complexity index is 462. The first kappa shape index (κ1) is 9.83. The molecule has 1 N–H and O–H groups in total. The van der Waals surface area contributed by atoms with Crippen LogP contribution in [0.15, 0.2) is 22.4 Å². The van der Waals surface area contributed by atoms with Crippen molar-refractivity contribution in [2.75, 3.05) is 7.11 Å². The van der Waals surface area contributed by atoms with Crippen LogP contribution in [-0.2, 0) is 6.61 Å². The minimum Gasteiger partial charge on any atom is -0.497 e. The maximum Gasteiger partial charge on any atom is 0.120 e. The van der Waals surface area contributed by atoms with Gasteiger partial charge in [-0.05, 0) is 17.7 Å². The Balaban J connectivity index is 2.76.